The Balaban J connectivity index is 0.000000754. The molecule has 0 aliphatic carbocycles. The Bertz CT molecular complexity index is 2640. The van der Waals surface area contributed by atoms with Crippen LogP contribution >= 0.6 is 12.4 Å². The number of rotatable bonds is 31. The number of Topliss-reactive ketones (excluding diaryl/α,β-unsaturated/α-hetero) is 2. The second kappa shape index (κ2) is 39.6. The summed E-state index contributed by atoms with van der Waals surface area (Å²) in [6, 6.07) is 19.4. The molecule has 0 aromatic heterocycles. The summed E-state index contributed by atoms with van der Waals surface area (Å²) in [5, 5.41) is 47.4. The molecule has 0 amide bonds. The van der Waals surface area contributed by atoms with Gasteiger partial charge in [0.2, 0.25) is 0 Å². The summed E-state index contributed by atoms with van der Waals surface area (Å²) in [7, 11) is 0. The molecule has 2 saturated heterocycles. The molecule has 32 nitrogen and oxygen atoms in total. The van der Waals surface area contributed by atoms with Crippen LogP contribution in [0.5, 0.6) is 0 Å². The molecule has 0 atom stereocenters. The van der Waals surface area contributed by atoms with Gasteiger partial charge in [0, 0.05) is 103 Å². The van der Waals surface area contributed by atoms with Crippen molar-refractivity contribution in [2.24, 2.45) is 15.3 Å². The van der Waals surface area contributed by atoms with E-state index in [2.05, 4.69) is 39.6 Å². The van der Waals surface area contributed by atoms with Crippen LogP contribution in [0.1, 0.15) is 11.1 Å². The minimum Gasteiger partial charge on any atom is -0.480 e. The van der Waals surface area contributed by atoms with Crippen molar-refractivity contribution in [3.63, 3.8) is 0 Å². The van der Waals surface area contributed by atoms with Crippen molar-refractivity contribution in [2.75, 3.05) is 124 Å². The number of morpholine rings is 2. The quantitative estimate of drug-likeness (QED) is 0.0154. The molecule has 3 aromatic rings. The fraction of sp³-hybridized carbons (Fsp3) is 0.417. The van der Waals surface area contributed by atoms with Crippen LogP contribution in [0.4, 0.5) is 22.7 Å². The van der Waals surface area contributed by atoms with Gasteiger partial charge >= 0.3 is 87.7 Å². The minimum absolute atomic E-state index is 0. The predicted molar refractivity (Wildman–Crippen MR) is 286 cm³/mol. The molecular formula is C48H59ClGdN16O16+3. The first kappa shape index (κ1) is 72.3. The van der Waals surface area contributed by atoms with Gasteiger partial charge < -0.3 is 35.6 Å². The molecule has 82 heavy (non-hydrogen) atoms. The Hall–Kier alpha value is -7.74. The van der Waals surface area contributed by atoms with Crippen molar-refractivity contribution in [2.45, 2.75) is 12.8 Å². The summed E-state index contributed by atoms with van der Waals surface area (Å²) in [6.45, 7) is -0.729. The van der Waals surface area contributed by atoms with Gasteiger partial charge in [-0.1, -0.05) is 76.0 Å². The van der Waals surface area contributed by atoms with Gasteiger partial charge in [-0.15, -0.1) is 12.4 Å². The summed E-state index contributed by atoms with van der Waals surface area (Å²) in [5.41, 5.74) is 33.7. The molecule has 0 bridgehead atoms. The number of ether oxygens (including phenoxy) is 2. The normalized spacial score (nSPS) is 13.0. The monoisotopic (exact) mass is 1310 g/mol. The van der Waals surface area contributed by atoms with Crippen LogP contribution in [-0.4, -0.2) is 227 Å². The third-order valence-electron chi connectivity index (χ3n) is 11.1. The Morgan fingerprint density at radius 1 is 0.463 bits per heavy atom. The van der Waals surface area contributed by atoms with Crippen LogP contribution in [-0.2, 0) is 70.3 Å². The summed E-state index contributed by atoms with van der Waals surface area (Å²) < 4.78 is 8.85. The Morgan fingerprint density at radius 3 is 1.02 bits per heavy atom. The first-order valence-electron chi connectivity index (χ1n) is 24.0. The standard InChI is InChI=1S/C28H33N9O8.C14H19N3O8.C6H6N4.ClH.Gd/c29-33-31-22-5-1-20(2-6-22)13-24(38)15-36(18-27(42)43)11-9-35(17-26(40)41)10-12-37(19-28(44)45)16-25(39)14-21-3-7-23(8-4-21)32-34-30;18-10(19)5-15(1-3-16-6-11(20)24-12(21)7-16)2-4-17-8-13(22)25-14(23)9-17;7-5-1-3-6(4-2-5)9-10-8;;/h1-8H,9-19H2,(H,40,41)(H,42,43)(H,44,45);1-9H2,(H,18,19);1-4H,7H2;1H;/q;;;;+3. The molecule has 0 unspecified atom stereocenters. The Kier molecular flexibility index (Phi) is 34.9. The molecule has 0 spiro atoms. The number of carboxylic acid groups (broad SMARTS) is 4. The molecule has 34 heteroatoms. The van der Waals surface area contributed by atoms with Crippen molar-refractivity contribution < 1.29 is 118 Å². The molecule has 2 heterocycles. The number of carbonyl (C=O) groups excluding carboxylic acids is 6. The van der Waals surface area contributed by atoms with Crippen LogP contribution in [0.3, 0.4) is 0 Å². The zero-order chi connectivity index (χ0) is 59.0. The van der Waals surface area contributed by atoms with E-state index in [1.165, 1.54) is 14.7 Å². The number of cyclic esters (lactones) is 4. The van der Waals surface area contributed by atoms with Gasteiger partial charge in [-0.3, -0.25) is 77.3 Å². The summed E-state index contributed by atoms with van der Waals surface area (Å²) in [6.07, 6.45) is 0.00324. The first-order chi connectivity index (χ1) is 38.1. The summed E-state index contributed by atoms with van der Waals surface area (Å²) in [5.74, 6) is -7.63. The maximum Gasteiger partial charge on any atom is 3.00 e. The fourth-order valence-corrected chi connectivity index (χ4v) is 7.53. The molecule has 6 N–H and O–H groups in total. The molecule has 3 aromatic carbocycles. The second-order valence-corrected chi connectivity index (χ2v) is 17.6. The summed E-state index contributed by atoms with van der Waals surface area (Å²) in [4.78, 5) is 133. The number of carbonyl (C=O) groups is 10. The van der Waals surface area contributed by atoms with Gasteiger partial charge in [0.15, 0.2) is 11.6 Å². The Labute approximate surface area is 505 Å². The number of benzene rings is 3. The van der Waals surface area contributed by atoms with Crippen molar-refractivity contribution >= 4 is 94.5 Å². The Morgan fingerprint density at radius 2 is 0.732 bits per heavy atom. The smallest absolute Gasteiger partial charge is 0.480 e. The molecule has 2 fully saturated rings. The van der Waals surface area contributed by atoms with E-state index in [9.17, 15) is 63.3 Å². The first-order valence-corrected chi connectivity index (χ1v) is 24.0. The number of carboxylic acids is 4. The number of halogens is 1. The molecule has 2 aliphatic rings. The van der Waals surface area contributed by atoms with Gasteiger partial charge in [0.05, 0.1) is 65.4 Å². The van der Waals surface area contributed by atoms with Crippen LogP contribution in [0.25, 0.3) is 31.3 Å². The van der Waals surface area contributed by atoms with E-state index in [1.54, 1.807) is 87.5 Å². The largest absolute Gasteiger partial charge is 3.00 e. The number of nitrogens with zero attached hydrogens (tertiary/aromatic N) is 15. The molecule has 5 rings (SSSR count). The number of nitrogen functional groups attached to an aromatic ring is 1. The fourth-order valence-electron chi connectivity index (χ4n) is 7.53. The van der Waals surface area contributed by atoms with E-state index in [0.29, 0.717) is 60.1 Å². The van der Waals surface area contributed by atoms with E-state index < -0.39 is 67.4 Å². The molecule has 0 saturated carbocycles. The zero-order valence-electron chi connectivity index (χ0n) is 43.8. The molecular weight excluding hydrogens is 1250 g/mol. The number of anilines is 1. The van der Waals surface area contributed by atoms with Gasteiger partial charge in [0.25, 0.3) is 0 Å². The number of azide groups is 3. The number of hydrogen-bond acceptors (Lipinski definition) is 22. The van der Waals surface area contributed by atoms with Gasteiger partial charge in [-0.05, 0) is 39.9 Å². The van der Waals surface area contributed by atoms with Crippen LogP contribution < -0.4 is 5.73 Å². The van der Waals surface area contributed by atoms with Crippen molar-refractivity contribution in [1.29, 1.82) is 0 Å². The summed E-state index contributed by atoms with van der Waals surface area (Å²) >= 11 is 0. The van der Waals surface area contributed by atoms with Crippen LogP contribution in [0.15, 0.2) is 88.1 Å². The molecule has 1 radical (unpaired) electrons. The van der Waals surface area contributed by atoms with E-state index in [0.717, 1.165) is 0 Å². The molecule has 439 valence electrons. The van der Waals surface area contributed by atoms with Crippen molar-refractivity contribution in [3.05, 3.63) is 115 Å². The SMILES string of the molecule is Cl.O=C(O)CN(CCN1CC(=O)OC(=O)C1)CCN1CC(=O)OC(=O)C1.[Gd+3].[N-]=[N+]=Nc1ccc(CC(=O)CN(CCN(CCN(CC(=O)O)CC(=O)Cc2ccc(N=[N+]=[N-])cc2)CC(=O)O)CC(=O)O)cc1.[N-]=[N+]=Nc1ccc(N)cc1. The van der Waals surface area contributed by atoms with Gasteiger partial charge in [0.1, 0.15) is 0 Å². The van der Waals surface area contributed by atoms with Crippen molar-refractivity contribution in [3.8, 4) is 0 Å². The number of esters is 4. The minimum atomic E-state index is -1.18. The van der Waals surface area contributed by atoms with Gasteiger partial charge in [-0.25, -0.2) is 0 Å². The zero-order valence-corrected chi connectivity index (χ0v) is 46.9. The third-order valence-corrected chi connectivity index (χ3v) is 11.1. The van der Waals surface area contributed by atoms with Crippen LogP contribution in [0, 0.1) is 39.9 Å². The van der Waals surface area contributed by atoms with E-state index in [-0.39, 0.29) is 149 Å². The third kappa shape index (κ3) is 31.9. The van der Waals surface area contributed by atoms with E-state index >= 15 is 0 Å². The number of nitrogens with two attached hydrogens (primary N) is 1. The molecule has 2 aliphatic heterocycles. The topological polar surface area (TPSA) is 462 Å². The number of hydrogen-bond donors (Lipinski definition) is 5. The number of aliphatic carboxylic acids is 4. The maximum atomic E-state index is 12.7. The predicted octanol–water partition coefficient (Wildman–Crippen LogP) is 2.43. The van der Waals surface area contributed by atoms with E-state index in [1.807, 2.05) is 0 Å². The maximum absolute atomic E-state index is 12.7. The second-order valence-electron chi connectivity index (χ2n) is 17.6. The average molecular weight is 1310 g/mol. The van der Waals surface area contributed by atoms with Crippen LogP contribution in [0.2, 0.25) is 0 Å². The number of ketones is 2. The van der Waals surface area contributed by atoms with Crippen molar-refractivity contribution in [1.82, 2.24) is 29.4 Å². The van der Waals surface area contributed by atoms with Gasteiger partial charge in [-0.2, -0.15) is 0 Å². The van der Waals surface area contributed by atoms with E-state index in [4.69, 9.17) is 27.4 Å². The average Bonchev–Trinajstić information content (AvgIpc) is 3.39.